The fraction of sp³-hybridized carbons (Fsp3) is 0.125. The van der Waals surface area contributed by atoms with E-state index in [2.05, 4.69) is 26.6 Å². The van der Waals surface area contributed by atoms with E-state index in [1.807, 2.05) is 37.3 Å². The van der Waals surface area contributed by atoms with Gasteiger partial charge in [0.1, 0.15) is 5.70 Å². The van der Waals surface area contributed by atoms with Gasteiger partial charge in [0, 0.05) is 6.54 Å². The van der Waals surface area contributed by atoms with Gasteiger partial charge in [0.15, 0.2) is 10.4 Å². The van der Waals surface area contributed by atoms with Gasteiger partial charge in [-0.1, -0.05) is 30.3 Å². The van der Waals surface area contributed by atoms with Gasteiger partial charge in [-0.3, -0.25) is 9.59 Å². The molecule has 0 radical (unpaired) electrons. The highest BCUT2D eigenvalue weighted by molar-refractivity contribution is 9.10. The number of nitrogens with one attached hydrogen (secondary N) is 2. The van der Waals surface area contributed by atoms with E-state index in [0.717, 1.165) is 5.56 Å². The molecule has 0 saturated carbocycles. The van der Waals surface area contributed by atoms with E-state index >= 15 is 0 Å². The van der Waals surface area contributed by atoms with Gasteiger partial charge in [0.25, 0.3) is 11.8 Å². The second-order valence-electron chi connectivity index (χ2n) is 4.39. The van der Waals surface area contributed by atoms with Crippen molar-refractivity contribution in [1.82, 2.24) is 10.6 Å². The molecule has 114 valence electrons. The van der Waals surface area contributed by atoms with Crippen LogP contribution in [0.2, 0.25) is 0 Å². The maximum absolute atomic E-state index is 12.1. The summed E-state index contributed by atoms with van der Waals surface area (Å²) in [7, 11) is 0. The van der Waals surface area contributed by atoms with Crippen molar-refractivity contribution >= 4 is 33.8 Å². The molecule has 6 heteroatoms. The summed E-state index contributed by atoms with van der Waals surface area (Å²) in [6.45, 7) is 2.27. The Balaban J connectivity index is 2.23. The van der Waals surface area contributed by atoms with Crippen molar-refractivity contribution in [3.63, 3.8) is 0 Å². The van der Waals surface area contributed by atoms with E-state index in [1.165, 1.54) is 6.07 Å². The van der Waals surface area contributed by atoms with Crippen LogP contribution in [0, 0.1) is 0 Å². The smallest absolute Gasteiger partial charge is 0.291 e. The number of hydrogen-bond donors (Lipinski definition) is 2. The average molecular weight is 363 g/mol. The number of rotatable bonds is 5. The third kappa shape index (κ3) is 4.33. The van der Waals surface area contributed by atoms with Crippen LogP contribution in [0.4, 0.5) is 0 Å². The van der Waals surface area contributed by atoms with Crippen LogP contribution in [0.15, 0.2) is 57.2 Å². The molecule has 0 saturated heterocycles. The van der Waals surface area contributed by atoms with Gasteiger partial charge in [0.05, 0.1) is 0 Å². The van der Waals surface area contributed by atoms with E-state index in [9.17, 15) is 9.59 Å². The van der Waals surface area contributed by atoms with Crippen LogP contribution < -0.4 is 10.6 Å². The van der Waals surface area contributed by atoms with E-state index in [1.54, 1.807) is 12.1 Å². The van der Waals surface area contributed by atoms with Gasteiger partial charge in [0.2, 0.25) is 0 Å². The Morgan fingerprint density at radius 2 is 1.91 bits per heavy atom. The van der Waals surface area contributed by atoms with Crippen molar-refractivity contribution < 1.29 is 14.0 Å². The molecule has 0 aliphatic carbocycles. The second-order valence-corrected chi connectivity index (χ2v) is 5.17. The number of halogens is 1. The lowest BCUT2D eigenvalue weighted by atomic mass is 10.2. The van der Waals surface area contributed by atoms with Crippen LogP contribution >= 0.6 is 15.9 Å². The van der Waals surface area contributed by atoms with Gasteiger partial charge in [-0.25, -0.2) is 0 Å². The molecule has 0 aliphatic heterocycles. The molecule has 0 spiro atoms. The van der Waals surface area contributed by atoms with Crippen molar-refractivity contribution in [3.05, 3.63) is 64.2 Å². The first-order valence-electron chi connectivity index (χ1n) is 6.71. The number of carbonyl (C=O) groups excluding carboxylic acids is 2. The lowest BCUT2D eigenvalue weighted by Gasteiger charge is -2.09. The Bertz CT molecular complexity index is 692. The summed E-state index contributed by atoms with van der Waals surface area (Å²) in [5.74, 6) is -0.723. The van der Waals surface area contributed by atoms with Crippen LogP contribution in [0.5, 0.6) is 0 Å². The normalized spacial score (nSPS) is 11.1. The summed E-state index contributed by atoms with van der Waals surface area (Å²) in [5, 5.41) is 5.24. The summed E-state index contributed by atoms with van der Waals surface area (Å²) in [5.41, 5.74) is 0.968. The standard InChI is InChI=1S/C16H15BrN2O3/c1-2-18-15(20)12(10-11-6-4-3-5-7-11)19-16(21)13-8-9-14(17)22-13/h3-10H,2H2,1H3,(H,18,20)(H,19,21)/b12-10+. The highest BCUT2D eigenvalue weighted by Gasteiger charge is 2.16. The third-order valence-corrected chi connectivity index (χ3v) is 3.16. The van der Waals surface area contributed by atoms with Gasteiger partial charge in [-0.05, 0) is 46.6 Å². The first kappa shape index (κ1) is 16.0. The van der Waals surface area contributed by atoms with Crippen molar-refractivity contribution in [2.45, 2.75) is 6.92 Å². The zero-order chi connectivity index (χ0) is 15.9. The Kier molecular flexibility index (Phi) is 5.55. The first-order chi connectivity index (χ1) is 10.6. The summed E-state index contributed by atoms with van der Waals surface area (Å²) in [6.07, 6.45) is 1.61. The van der Waals surface area contributed by atoms with Crippen LogP contribution in [-0.2, 0) is 4.79 Å². The number of likely N-dealkylation sites (N-methyl/N-ethyl adjacent to an activating group) is 1. The predicted molar refractivity (Wildman–Crippen MR) is 87.0 cm³/mol. The molecule has 1 heterocycles. The van der Waals surface area contributed by atoms with Gasteiger partial charge in [-0.15, -0.1) is 0 Å². The monoisotopic (exact) mass is 362 g/mol. The number of hydrogen-bond acceptors (Lipinski definition) is 3. The lowest BCUT2D eigenvalue weighted by Crippen LogP contribution is -2.34. The summed E-state index contributed by atoms with van der Waals surface area (Å²) >= 11 is 3.13. The summed E-state index contributed by atoms with van der Waals surface area (Å²) < 4.78 is 5.63. The molecule has 0 atom stereocenters. The minimum absolute atomic E-state index is 0.120. The fourth-order valence-electron chi connectivity index (χ4n) is 1.75. The van der Waals surface area contributed by atoms with Crippen LogP contribution in [0.3, 0.4) is 0 Å². The van der Waals surface area contributed by atoms with Crippen molar-refractivity contribution in [2.24, 2.45) is 0 Å². The Morgan fingerprint density at radius 3 is 2.50 bits per heavy atom. The number of amides is 2. The van der Waals surface area contributed by atoms with Gasteiger partial charge < -0.3 is 15.1 Å². The van der Waals surface area contributed by atoms with Crippen LogP contribution in [0.25, 0.3) is 6.08 Å². The van der Waals surface area contributed by atoms with E-state index in [4.69, 9.17) is 4.42 Å². The summed E-state index contributed by atoms with van der Waals surface area (Å²) in [6, 6.07) is 12.4. The molecule has 1 aromatic carbocycles. The maximum Gasteiger partial charge on any atom is 0.291 e. The van der Waals surface area contributed by atoms with E-state index in [0.29, 0.717) is 11.2 Å². The van der Waals surface area contributed by atoms with Crippen LogP contribution in [-0.4, -0.2) is 18.4 Å². The number of benzene rings is 1. The Morgan fingerprint density at radius 1 is 1.18 bits per heavy atom. The zero-order valence-electron chi connectivity index (χ0n) is 11.9. The molecule has 2 aromatic rings. The SMILES string of the molecule is CCNC(=O)/C(=C\c1ccccc1)NC(=O)c1ccc(Br)o1. The van der Waals surface area contributed by atoms with E-state index < -0.39 is 5.91 Å². The van der Waals surface area contributed by atoms with Crippen molar-refractivity contribution in [3.8, 4) is 0 Å². The van der Waals surface area contributed by atoms with Crippen molar-refractivity contribution in [1.29, 1.82) is 0 Å². The number of carbonyl (C=O) groups is 2. The van der Waals surface area contributed by atoms with Crippen LogP contribution in [0.1, 0.15) is 23.0 Å². The topological polar surface area (TPSA) is 71.3 Å². The maximum atomic E-state index is 12.1. The summed E-state index contributed by atoms with van der Waals surface area (Å²) in [4.78, 5) is 24.2. The third-order valence-electron chi connectivity index (χ3n) is 2.74. The average Bonchev–Trinajstić information content (AvgIpc) is 2.94. The first-order valence-corrected chi connectivity index (χ1v) is 7.51. The van der Waals surface area contributed by atoms with E-state index in [-0.39, 0.29) is 17.4 Å². The Labute approximate surface area is 136 Å². The minimum Gasteiger partial charge on any atom is -0.444 e. The lowest BCUT2D eigenvalue weighted by molar-refractivity contribution is -0.117. The molecule has 2 amide bonds. The quantitative estimate of drug-likeness (QED) is 0.803. The predicted octanol–water partition coefficient (Wildman–Crippen LogP) is 2.95. The molecule has 0 unspecified atom stereocenters. The molecular formula is C16H15BrN2O3. The molecule has 5 nitrogen and oxygen atoms in total. The molecular weight excluding hydrogens is 348 g/mol. The van der Waals surface area contributed by atoms with Crippen molar-refractivity contribution in [2.75, 3.05) is 6.54 Å². The van der Waals surface area contributed by atoms with Gasteiger partial charge >= 0.3 is 0 Å². The van der Waals surface area contributed by atoms with Gasteiger partial charge in [-0.2, -0.15) is 0 Å². The highest BCUT2D eigenvalue weighted by Crippen LogP contribution is 2.14. The largest absolute Gasteiger partial charge is 0.444 e. The molecule has 22 heavy (non-hydrogen) atoms. The molecule has 2 rings (SSSR count). The molecule has 2 N–H and O–H groups in total. The zero-order valence-corrected chi connectivity index (χ0v) is 13.5. The number of furan rings is 1. The second kappa shape index (κ2) is 7.61. The minimum atomic E-state index is -0.487. The fourth-order valence-corrected chi connectivity index (χ4v) is 2.06. The molecule has 1 aromatic heterocycles. The molecule has 0 aliphatic rings. The molecule has 0 bridgehead atoms. The highest BCUT2D eigenvalue weighted by atomic mass is 79.9. The Hall–Kier alpha value is -2.34. The molecule has 0 fully saturated rings.